The zero-order valence-electron chi connectivity index (χ0n) is 13.3. The predicted octanol–water partition coefficient (Wildman–Crippen LogP) is 2.86. The van der Waals surface area contributed by atoms with Crippen molar-refractivity contribution in [1.29, 1.82) is 0 Å². The van der Waals surface area contributed by atoms with Crippen molar-refractivity contribution in [3.05, 3.63) is 47.2 Å². The summed E-state index contributed by atoms with van der Waals surface area (Å²) in [7, 11) is 1.46. The van der Waals surface area contributed by atoms with E-state index in [1.165, 1.54) is 37.9 Å². The summed E-state index contributed by atoms with van der Waals surface area (Å²) in [6, 6.07) is 4.49. The summed E-state index contributed by atoms with van der Waals surface area (Å²) in [6.45, 7) is 3.14. The fourth-order valence-corrected chi connectivity index (χ4v) is 2.06. The number of likely N-dealkylation sites (N-methyl/N-ethyl adjacent to an activating group) is 1. The molecule has 130 valence electrons. The Balaban J connectivity index is 2.03. The molecule has 0 spiro atoms. The second-order valence-electron chi connectivity index (χ2n) is 5.79. The van der Waals surface area contributed by atoms with Gasteiger partial charge in [-0.3, -0.25) is 4.79 Å². The molecule has 24 heavy (non-hydrogen) atoms. The first kappa shape index (κ1) is 17.8. The molecule has 1 saturated heterocycles. The number of carbonyl (C=O) groups is 2. The molecule has 0 aliphatic carbocycles. The molecule has 1 fully saturated rings. The number of cyclic esters (lactones) is 1. The van der Waals surface area contributed by atoms with Crippen LogP contribution in [-0.4, -0.2) is 29.6 Å². The molecular formula is C16H16F3NO4. The third-order valence-corrected chi connectivity index (χ3v) is 3.23. The SMILES string of the molecule is CN(Cc1ccc(C(F)(F)F)cc1)C(=O)C=C1OC(C)(C)OC1=O. The van der Waals surface area contributed by atoms with Crippen molar-refractivity contribution in [1.82, 2.24) is 4.90 Å². The lowest BCUT2D eigenvalue weighted by Crippen LogP contribution is -2.25. The molecule has 1 amide bonds. The van der Waals surface area contributed by atoms with E-state index in [-0.39, 0.29) is 12.3 Å². The largest absolute Gasteiger partial charge is 0.445 e. The summed E-state index contributed by atoms with van der Waals surface area (Å²) in [4.78, 5) is 24.9. The minimum Gasteiger partial charge on any atom is -0.445 e. The number of hydrogen-bond donors (Lipinski definition) is 0. The molecule has 0 N–H and O–H groups in total. The van der Waals surface area contributed by atoms with Gasteiger partial charge in [-0.25, -0.2) is 4.79 Å². The molecule has 8 heteroatoms. The van der Waals surface area contributed by atoms with Crippen molar-refractivity contribution in [3.8, 4) is 0 Å². The Morgan fingerprint density at radius 1 is 1.21 bits per heavy atom. The highest BCUT2D eigenvalue weighted by Gasteiger charge is 2.38. The Morgan fingerprint density at radius 3 is 2.25 bits per heavy atom. The fraction of sp³-hybridized carbons (Fsp3) is 0.375. The molecule has 0 bridgehead atoms. The van der Waals surface area contributed by atoms with E-state index >= 15 is 0 Å². The van der Waals surface area contributed by atoms with E-state index in [0.717, 1.165) is 18.2 Å². The Bertz CT molecular complexity index is 678. The van der Waals surface area contributed by atoms with Gasteiger partial charge in [-0.1, -0.05) is 12.1 Å². The average molecular weight is 343 g/mol. The number of esters is 1. The van der Waals surface area contributed by atoms with Gasteiger partial charge < -0.3 is 14.4 Å². The number of ether oxygens (including phenoxy) is 2. The van der Waals surface area contributed by atoms with Crippen LogP contribution in [0.4, 0.5) is 13.2 Å². The van der Waals surface area contributed by atoms with Crippen molar-refractivity contribution >= 4 is 11.9 Å². The predicted molar refractivity (Wildman–Crippen MR) is 77.3 cm³/mol. The van der Waals surface area contributed by atoms with Gasteiger partial charge in [-0.05, 0) is 17.7 Å². The number of alkyl halides is 3. The van der Waals surface area contributed by atoms with Crippen molar-refractivity contribution in [3.63, 3.8) is 0 Å². The molecule has 0 aromatic heterocycles. The van der Waals surface area contributed by atoms with Crippen molar-refractivity contribution in [2.45, 2.75) is 32.4 Å². The van der Waals surface area contributed by atoms with E-state index in [2.05, 4.69) is 0 Å². The average Bonchev–Trinajstić information content (AvgIpc) is 2.70. The second kappa shape index (κ2) is 6.18. The topological polar surface area (TPSA) is 55.8 Å². The highest BCUT2D eigenvalue weighted by molar-refractivity contribution is 5.97. The van der Waals surface area contributed by atoms with Gasteiger partial charge >= 0.3 is 12.1 Å². The Labute approximate surface area is 136 Å². The normalized spacial score (nSPS) is 18.2. The van der Waals surface area contributed by atoms with Gasteiger partial charge in [0.05, 0.1) is 11.6 Å². The van der Waals surface area contributed by atoms with Crippen LogP contribution in [0.1, 0.15) is 25.0 Å². The van der Waals surface area contributed by atoms with Crippen LogP contribution in [-0.2, 0) is 31.8 Å². The van der Waals surface area contributed by atoms with Gasteiger partial charge in [0.1, 0.15) is 0 Å². The number of benzene rings is 1. The summed E-state index contributed by atoms with van der Waals surface area (Å²) in [5, 5.41) is 0. The summed E-state index contributed by atoms with van der Waals surface area (Å²) in [6.07, 6.45) is -3.40. The lowest BCUT2D eigenvalue weighted by Gasteiger charge is -2.16. The fourth-order valence-electron chi connectivity index (χ4n) is 2.06. The summed E-state index contributed by atoms with van der Waals surface area (Å²) < 4.78 is 47.6. The van der Waals surface area contributed by atoms with E-state index in [9.17, 15) is 22.8 Å². The maximum absolute atomic E-state index is 12.5. The lowest BCUT2D eigenvalue weighted by atomic mass is 10.1. The molecule has 1 aliphatic heterocycles. The molecule has 1 aromatic rings. The van der Waals surface area contributed by atoms with Crippen LogP contribution in [0, 0.1) is 0 Å². The Kier molecular flexibility index (Phi) is 4.59. The van der Waals surface area contributed by atoms with Gasteiger partial charge in [0, 0.05) is 27.4 Å². The number of amides is 1. The molecule has 2 rings (SSSR count). The summed E-state index contributed by atoms with van der Waals surface area (Å²) in [5.74, 6) is -2.60. The van der Waals surface area contributed by atoms with Gasteiger partial charge in [0.25, 0.3) is 5.91 Å². The monoisotopic (exact) mass is 343 g/mol. The number of hydrogen-bond acceptors (Lipinski definition) is 4. The Hall–Kier alpha value is -2.51. The molecule has 0 atom stereocenters. The standard InChI is InChI=1S/C16H16F3NO4/c1-15(2)23-12(14(22)24-15)8-13(21)20(3)9-10-4-6-11(7-5-10)16(17,18)19/h4-8H,9H2,1-3H3. The number of halogens is 3. The smallest absolute Gasteiger partial charge is 0.416 e. The lowest BCUT2D eigenvalue weighted by molar-refractivity contribution is -0.159. The molecule has 1 aromatic carbocycles. The van der Waals surface area contributed by atoms with Crippen LogP contribution in [0.5, 0.6) is 0 Å². The van der Waals surface area contributed by atoms with Crippen LogP contribution < -0.4 is 0 Å². The second-order valence-corrected chi connectivity index (χ2v) is 5.79. The number of rotatable bonds is 3. The first-order chi connectivity index (χ1) is 11.0. The zero-order chi connectivity index (χ0) is 18.1. The maximum Gasteiger partial charge on any atom is 0.416 e. The highest BCUT2D eigenvalue weighted by Crippen LogP contribution is 2.29. The van der Waals surface area contributed by atoms with Crippen molar-refractivity contribution in [2.24, 2.45) is 0 Å². The van der Waals surface area contributed by atoms with Crippen molar-refractivity contribution in [2.75, 3.05) is 7.05 Å². The van der Waals surface area contributed by atoms with Crippen LogP contribution >= 0.6 is 0 Å². The van der Waals surface area contributed by atoms with Crippen LogP contribution in [0.15, 0.2) is 36.1 Å². The maximum atomic E-state index is 12.5. The zero-order valence-corrected chi connectivity index (χ0v) is 13.3. The first-order valence-electron chi connectivity index (χ1n) is 7.03. The van der Waals surface area contributed by atoms with E-state index in [1.54, 1.807) is 0 Å². The van der Waals surface area contributed by atoms with Gasteiger partial charge in [0.15, 0.2) is 0 Å². The molecule has 0 saturated carbocycles. The molecular weight excluding hydrogens is 327 g/mol. The third-order valence-electron chi connectivity index (χ3n) is 3.23. The van der Waals surface area contributed by atoms with E-state index in [0.29, 0.717) is 5.56 Å². The summed E-state index contributed by atoms with van der Waals surface area (Å²) >= 11 is 0. The molecule has 1 heterocycles. The molecule has 0 unspecified atom stereocenters. The van der Waals surface area contributed by atoms with Gasteiger partial charge in [-0.2, -0.15) is 13.2 Å². The van der Waals surface area contributed by atoms with Gasteiger partial charge in [0.2, 0.25) is 11.5 Å². The van der Waals surface area contributed by atoms with Crippen LogP contribution in [0.25, 0.3) is 0 Å². The van der Waals surface area contributed by atoms with E-state index < -0.39 is 29.4 Å². The summed E-state index contributed by atoms with van der Waals surface area (Å²) in [5.41, 5.74) is -0.237. The van der Waals surface area contributed by atoms with Crippen LogP contribution in [0.3, 0.4) is 0 Å². The number of carbonyl (C=O) groups excluding carboxylic acids is 2. The quantitative estimate of drug-likeness (QED) is 0.626. The number of nitrogens with zero attached hydrogens (tertiary/aromatic N) is 1. The van der Waals surface area contributed by atoms with Crippen LogP contribution in [0.2, 0.25) is 0 Å². The minimum atomic E-state index is -4.41. The molecule has 1 aliphatic rings. The van der Waals surface area contributed by atoms with Crippen molar-refractivity contribution < 1.29 is 32.2 Å². The minimum absolute atomic E-state index is 0.0825. The molecule has 5 nitrogen and oxygen atoms in total. The molecule has 0 radical (unpaired) electrons. The van der Waals surface area contributed by atoms with E-state index in [1.807, 2.05) is 0 Å². The first-order valence-corrected chi connectivity index (χ1v) is 7.03. The third kappa shape index (κ3) is 4.27. The Morgan fingerprint density at radius 2 is 1.79 bits per heavy atom. The highest BCUT2D eigenvalue weighted by atomic mass is 19.4. The van der Waals surface area contributed by atoms with Gasteiger partial charge in [-0.15, -0.1) is 0 Å². The van der Waals surface area contributed by atoms with E-state index in [4.69, 9.17) is 9.47 Å².